The second-order valence-corrected chi connectivity index (χ2v) is 8.00. The molecule has 1 aliphatic rings. The van der Waals surface area contributed by atoms with E-state index < -0.39 is 23.5 Å². The zero-order valence-electron chi connectivity index (χ0n) is 17.2. The Morgan fingerprint density at radius 3 is 2.53 bits per heavy atom. The monoisotopic (exact) mass is 448 g/mol. The van der Waals surface area contributed by atoms with Gasteiger partial charge in [-0.2, -0.15) is 0 Å². The number of thiophene rings is 1. The van der Waals surface area contributed by atoms with E-state index in [9.17, 15) is 19.5 Å². The van der Waals surface area contributed by atoms with Gasteiger partial charge in [-0.05, 0) is 48.2 Å². The van der Waals surface area contributed by atoms with Crippen LogP contribution in [0.3, 0.4) is 0 Å². The molecule has 1 N–H and O–H groups in total. The van der Waals surface area contributed by atoms with E-state index in [1.165, 1.54) is 16.2 Å². The Kier molecular flexibility index (Phi) is 6.13. The molecule has 0 aliphatic carbocycles. The van der Waals surface area contributed by atoms with Gasteiger partial charge in [-0.25, -0.2) is 0 Å². The molecule has 1 aliphatic heterocycles. The van der Waals surface area contributed by atoms with E-state index in [1.807, 2.05) is 0 Å². The summed E-state index contributed by atoms with van der Waals surface area (Å²) < 4.78 is 4.97. The lowest BCUT2D eigenvalue weighted by molar-refractivity contribution is -0.142. The number of hydrogen-bond donors (Lipinski definition) is 1. The minimum atomic E-state index is -0.880. The average Bonchev–Trinajstić information content (AvgIpc) is 3.42. The number of ether oxygens (including phenoxy) is 1. The number of aliphatic hydroxyl groups is 1. The SMILES string of the molecule is CCOC(=O)Cc1ccc(N2C(=O)C(O)=C(C(=O)c3cccs3)C2c2ccccn2)cc1. The quantitative estimate of drug-likeness (QED) is 0.433. The van der Waals surface area contributed by atoms with Crippen molar-refractivity contribution in [1.29, 1.82) is 0 Å². The number of esters is 1. The predicted octanol–water partition coefficient (Wildman–Crippen LogP) is 4.03. The van der Waals surface area contributed by atoms with E-state index >= 15 is 0 Å². The van der Waals surface area contributed by atoms with Gasteiger partial charge in [0.05, 0.1) is 29.2 Å². The van der Waals surface area contributed by atoms with E-state index in [0.29, 0.717) is 22.9 Å². The van der Waals surface area contributed by atoms with Crippen LogP contribution in [0, 0.1) is 0 Å². The van der Waals surface area contributed by atoms with Crippen LogP contribution >= 0.6 is 11.3 Å². The van der Waals surface area contributed by atoms with Crippen LogP contribution in [-0.2, 0) is 20.7 Å². The van der Waals surface area contributed by atoms with Gasteiger partial charge in [-0.3, -0.25) is 24.3 Å². The van der Waals surface area contributed by atoms with Crippen molar-refractivity contribution < 1.29 is 24.2 Å². The fourth-order valence-corrected chi connectivity index (χ4v) is 4.29. The third-order valence-electron chi connectivity index (χ3n) is 5.03. The second kappa shape index (κ2) is 9.15. The van der Waals surface area contributed by atoms with E-state index in [1.54, 1.807) is 73.1 Å². The summed E-state index contributed by atoms with van der Waals surface area (Å²) in [6, 6.07) is 14.5. The number of pyridine rings is 1. The smallest absolute Gasteiger partial charge is 0.310 e. The lowest BCUT2D eigenvalue weighted by Gasteiger charge is -2.26. The molecular formula is C24H20N2O5S. The maximum atomic E-state index is 13.2. The molecule has 0 spiro atoms. The number of amides is 1. The largest absolute Gasteiger partial charge is 0.503 e. The average molecular weight is 449 g/mol. The Bertz CT molecular complexity index is 1170. The van der Waals surface area contributed by atoms with E-state index in [0.717, 1.165) is 5.56 Å². The number of carbonyl (C=O) groups is 3. The summed E-state index contributed by atoms with van der Waals surface area (Å²) in [5, 5.41) is 12.5. The molecule has 1 amide bonds. The van der Waals surface area contributed by atoms with Crippen LogP contribution in [0.15, 0.2) is 77.5 Å². The van der Waals surface area contributed by atoms with Crippen LogP contribution in [0.25, 0.3) is 0 Å². The molecule has 32 heavy (non-hydrogen) atoms. The molecule has 4 rings (SSSR count). The summed E-state index contributed by atoms with van der Waals surface area (Å²) in [5.41, 5.74) is 1.64. The van der Waals surface area contributed by atoms with Gasteiger partial charge in [0.25, 0.3) is 5.91 Å². The number of aliphatic hydroxyl groups excluding tert-OH is 1. The van der Waals surface area contributed by atoms with Crippen molar-refractivity contribution in [3.8, 4) is 0 Å². The molecule has 3 heterocycles. The number of rotatable bonds is 7. The molecule has 7 nitrogen and oxygen atoms in total. The molecule has 2 aromatic heterocycles. The van der Waals surface area contributed by atoms with Crippen LogP contribution in [0.5, 0.6) is 0 Å². The maximum absolute atomic E-state index is 13.2. The molecular weight excluding hydrogens is 428 g/mol. The number of benzene rings is 1. The number of Topliss-reactive ketones (excluding diaryl/α,β-unsaturated/α-hetero) is 1. The molecule has 0 bridgehead atoms. The van der Waals surface area contributed by atoms with Crippen LogP contribution in [0.4, 0.5) is 5.69 Å². The maximum Gasteiger partial charge on any atom is 0.310 e. The van der Waals surface area contributed by atoms with Crippen molar-refractivity contribution in [3.63, 3.8) is 0 Å². The number of nitrogens with zero attached hydrogens (tertiary/aromatic N) is 2. The Balaban J connectivity index is 1.72. The van der Waals surface area contributed by atoms with Gasteiger partial charge in [0.15, 0.2) is 5.76 Å². The highest BCUT2D eigenvalue weighted by atomic mass is 32.1. The molecule has 0 saturated heterocycles. The fraction of sp³-hybridized carbons (Fsp3) is 0.167. The molecule has 1 unspecified atom stereocenters. The first kappa shape index (κ1) is 21.5. The van der Waals surface area contributed by atoms with E-state index in [-0.39, 0.29) is 18.0 Å². The molecule has 3 aromatic rings. The molecule has 1 aromatic carbocycles. The van der Waals surface area contributed by atoms with Crippen LogP contribution in [0.2, 0.25) is 0 Å². The minimum absolute atomic E-state index is 0.00764. The lowest BCUT2D eigenvalue weighted by atomic mass is 9.98. The Morgan fingerprint density at radius 1 is 1.12 bits per heavy atom. The molecule has 162 valence electrons. The lowest BCUT2D eigenvalue weighted by Crippen LogP contribution is -2.31. The van der Waals surface area contributed by atoms with Crippen LogP contribution in [-0.4, -0.2) is 34.4 Å². The fourth-order valence-electron chi connectivity index (χ4n) is 3.61. The van der Waals surface area contributed by atoms with Gasteiger partial charge < -0.3 is 9.84 Å². The number of ketones is 1. The van der Waals surface area contributed by atoms with Gasteiger partial charge in [-0.1, -0.05) is 24.3 Å². The molecule has 0 radical (unpaired) electrons. The number of anilines is 1. The van der Waals surface area contributed by atoms with Gasteiger partial charge >= 0.3 is 5.97 Å². The predicted molar refractivity (Wildman–Crippen MR) is 120 cm³/mol. The second-order valence-electron chi connectivity index (χ2n) is 7.05. The number of carbonyl (C=O) groups excluding carboxylic acids is 3. The van der Waals surface area contributed by atoms with Gasteiger partial charge in [0.2, 0.25) is 5.78 Å². The third-order valence-corrected chi connectivity index (χ3v) is 5.90. The van der Waals surface area contributed by atoms with Crippen molar-refractivity contribution in [2.45, 2.75) is 19.4 Å². The highest BCUT2D eigenvalue weighted by Crippen LogP contribution is 2.41. The summed E-state index contributed by atoms with van der Waals surface area (Å²) in [7, 11) is 0. The van der Waals surface area contributed by atoms with Crippen molar-refractivity contribution in [2.75, 3.05) is 11.5 Å². The summed E-state index contributed by atoms with van der Waals surface area (Å²) in [4.78, 5) is 44.2. The summed E-state index contributed by atoms with van der Waals surface area (Å²) >= 11 is 1.24. The number of aromatic nitrogens is 1. The number of hydrogen-bond acceptors (Lipinski definition) is 7. The van der Waals surface area contributed by atoms with Gasteiger partial charge in [-0.15, -0.1) is 11.3 Å². The first-order valence-electron chi connectivity index (χ1n) is 10.0. The van der Waals surface area contributed by atoms with Crippen molar-refractivity contribution >= 4 is 34.7 Å². The standard InChI is InChI=1S/C24H20N2O5S/c1-2-31-19(27)14-15-8-10-16(11-9-15)26-21(17-6-3-4-12-25-17)20(23(29)24(26)30)22(28)18-7-5-13-32-18/h3-13,21,29H,2,14H2,1H3. The van der Waals surface area contributed by atoms with E-state index in [4.69, 9.17) is 4.74 Å². The first-order valence-corrected chi connectivity index (χ1v) is 10.9. The highest BCUT2D eigenvalue weighted by Gasteiger charge is 2.45. The highest BCUT2D eigenvalue weighted by molar-refractivity contribution is 7.12. The summed E-state index contributed by atoms with van der Waals surface area (Å²) in [6.45, 7) is 2.04. The first-order chi connectivity index (χ1) is 15.5. The molecule has 0 saturated carbocycles. The molecule has 8 heteroatoms. The van der Waals surface area contributed by atoms with Gasteiger partial charge in [0, 0.05) is 11.9 Å². The van der Waals surface area contributed by atoms with Crippen LogP contribution < -0.4 is 4.90 Å². The van der Waals surface area contributed by atoms with Crippen molar-refractivity contribution in [2.24, 2.45) is 0 Å². The Morgan fingerprint density at radius 2 is 1.91 bits per heavy atom. The van der Waals surface area contributed by atoms with Crippen molar-refractivity contribution in [1.82, 2.24) is 4.98 Å². The molecule has 0 fully saturated rings. The van der Waals surface area contributed by atoms with E-state index in [2.05, 4.69) is 4.98 Å². The zero-order chi connectivity index (χ0) is 22.7. The topological polar surface area (TPSA) is 96.8 Å². The zero-order valence-corrected chi connectivity index (χ0v) is 18.0. The van der Waals surface area contributed by atoms with Crippen molar-refractivity contribution in [3.05, 3.63) is 93.6 Å². The molecule has 1 atom stereocenters. The Labute approximate surface area is 188 Å². The summed E-state index contributed by atoms with van der Waals surface area (Å²) in [5.74, 6) is -2.02. The van der Waals surface area contributed by atoms with Crippen LogP contribution in [0.1, 0.15) is 33.9 Å². The Hall–Kier alpha value is -3.78. The third kappa shape index (κ3) is 4.04. The minimum Gasteiger partial charge on any atom is -0.503 e. The normalized spacial score (nSPS) is 15.8. The van der Waals surface area contributed by atoms with Gasteiger partial charge in [0.1, 0.15) is 6.04 Å². The summed E-state index contributed by atoms with van der Waals surface area (Å²) in [6.07, 6.45) is 1.68.